The summed E-state index contributed by atoms with van der Waals surface area (Å²) in [7, 11) is 3.25. The Morgan fingerprint density at radius 1 is 1.06 bits per heavy atom. The number of rotatable bonds is 7. The lowest BCUT2D eigenvalue weighted by molar-refractivity contribution is -0.125. The van der Waals surface area contributed by atoms with Gasteiger partial charge in [0.05, 0.1) is 25.7 Å². The van der Waals surface area contributed by atoms with Crippen LogP contribution in [0.5, 0.6) is 11.5 Å². The molecule has 3 atom stereocenters. The minimum Gasteiger partial charge on any atom is -0.497 e. The van der Waals surface area contributed by atoms with Crippen molar-refractivity contribution in [2.45, 2.75) is 25.8 Å². The van der Waals surface area contributed by atoms with Crippen molar-refractivity contribution >= 4 is 18.0 Å². The zero-order chi connectivity index (χ0) is 22.0. The summed E-state index contributed by atoms with van der Waals surface area (Å²) >= 11 is 0. The number of carbonyl (C=O) groups excluding carboxylic acids is 1. The highest BCUT2D eigenvalue weighted by Gasteiger charge is 2.46. The van der Waals surface area contributed by atoms with Crippen molar-refractivity contribution in [2.75, 3.05) is 14.2 Å². The van der Waals surface area contributed by atoms with Gasteiger partial charge in [-0.1, -0.05) is 23.8 Å². The van der Waals surface area contributed by atoms with Crippen LogP contribution in [0.25, 0.3) is 6.08 Å². The molecule has 0 radical (unpaired) electrons. The number of methoxy groups -OCH3 is 2. The third-order valence-corrected chi connectivity index (χ3v) is 6.43. The molecule has 162 valence electrons. The normalized spacial score (nSPS) is 23.0. The van der Waals surface area contributed by atoms with E-state index in [4.69, 9.17) is 14.6 Å². The molecule has 2 aromatic rings. The minimum absolute atomic E-state index is 0.0376. The minimum atomic E-state index is -0.957. The van der Waals surface area contributed by atoms with Crippen molar-refractivity contribution in [1.82, 2.24) is 5.32 Å². The third kappa shape index (κ3) is 4.43. The average molecular weight is 421 g/mol. The van der Waals surface area contributed by atoms with E-state index < -0.39 is 5.97 Å². The van der Waals surface area contributed by atoms with Gasteiger partial charge in [0.1, 0.15) is 11.5 Å². The molecule has 2 aliphatic carbocycles. The Balaban J connectivity index is 1.52. The molecule has 3 unspecified atom stereocenters. The second-order valence-corrected chi connectivity index (χ2v) is 8.26. The molecule has 6 nitrogen and oxygen atoms in total. The van der Waals surface area contributed by atoms with Crippen molar-refractivity contribution in [3.63, 3.8) is 0 Å². The summed E-state index contributed by atoms with van der Waals surface area (Å²) < 4.78 is 10.8. The maximum atomic E-state index is 13.1. The first-order valence-electron chi connectivity index (χ1n) is 10.5. The van der Waals surface area contributed by atoms with E-state index in [-0.39, 0.29) is 17.4 Å². The van der Waals surface area contributed by atoms with Crippen LogP contribution in [0.4, 0.5) is 0 Å². The highest BCUT2D eigenvalue weighted by Crippen LogP contribution is 2.52. The van der Waals surface area contributed by atoms with Gasteiger partial charge < -0.3 is 19.9 Å². The fraction of sp³-hybridized carbons (Fsp3) is 0.360. The Bertz CT molecular complexity index is 989. The lowest BCUT2D eigenvalue weighted by atomic mass is 9.82. The molecule has 2 aliphatic rings. The Kier molecular flexibility index (Phi) is 5.98. The van der Waals surface area contributed by atoms with Gasteiger partial charge in [0.15, 0.2) is 0 Å². The van der Waals surface area contributed by atoms with E-state index in [9.17, 15) is 9.59 Å². The van der Waals surface area contributed by atoms with Crippen molar-refractivity contribution < 1.29 is 24.2 Å². The largest absolute Gasteiger partial charge is 0.497 e. The highest BCUT2D eigenvalue weighted by molar-refractivity contribution is 5.87. The molecule has 2 saturated carbocycles. The van der Waals surface area contributed by atoms with Crippen LogP contribution in [0, 0.1) is 17.8 Å². The summed E-state index contributed by atoms with van der Waals surface area (Å²) in [5.41, 5.74) is 3.28. The van der Waals surface area contributed by atoms with Crippen molar-refractivity contribution in [1.29, 1.82) is 0 Å². The van der Waals surface area contributed by atoms with Gasteiger partial charge in [-0.2, -0.15) is 0 Å². The molecule has 0 heterocycles. The van der Waals surface area contributed by atoms with Crippen molar-refractivity contribution in [2.24, 2.45) is 17.8 Å². The number of fused-ring (bicyclic) bond motifs is 2. The van der Waals surface area contributed by atoms with E-state index in [1.807, 2.05) is 18.2 Å². The lowest BCUT2D eigenvalue weighted by Gasteiger charge is -2.24. The first-order valence-corrected chi connectivity index (χ1v) is 10.5. The summed E-state index contributed by atoms with van der Waals surface area (Å²) in [6.07, 6.45) is 5.38. The van der Waals surface area contributed by atoms with Crippen LogP contribution in [0.3, 0.4) is 0 Å². The monoisotopic (exact) mass is 421 g/mol. The molecule has 2 aromatic carbocycles. The van der Waals surface area contributed by atoms with E-state index >= 15 is 0 Å². The quantitative estimate of drug-likeness (QED) is 0.702. The molecule has 0 aliphatic heterocycles. The van der Waals surface area contributed by atoms with Crippen molar-refractivity contribution in [3.05, 3.63) is 64.7 Å². The summed E-state index contributed by atoms with van der Waals surface area (Å²) in [5, 5.41) is 12.1. The second kappa shape index (κ2) is 8.84. The Hall–Kier alpha value is -3.28. The van der Waals surface area contributed by atoms with Crippen LogP contribution in [0.15, 0.2) is 48.0 Å². The van der Waals surface area contributed by atoms with E-state index in [1.165, 1.54) is 5.57 Å². The maximum Gasteiger partial charge on any atom is 0.335 e. The fourth-order valence-corrected chi connectivity index (χ4v) is 4.89. The number of benzene rings is 2. The third-order valence-electron chi connectivity index (χ3n) is 6.43. The SMILES string of the molecule is COc1cc(/C=C2\C3CCC(C3)C2C(=O)NCc2ccc(C(=O)O)cc2)cc(OC)c1. The predicted molar refractivity (Wildman–Crippen MR) is 117 cm³/mol. The summed E-state index contributed by atoms with van der Waals surface area (Å²) in [5.74, 6) is 1.21. The average Bonchev–Trinajstić information content (AvgIpc) is 3.39. The molecule has 4 rings (SSSR count). The predicted octanol–water partition coefficient (Wildman–Crippen LogP) is 4.15. The van der Waals surface area contributed by atoms with Gasteiger partial charge in [-0.05, 0) is 66.5 Å². The van der Waals surface area contributed by atoms with Gasteiger partial charge in [0.25, 0.3) is 0 Å². The number of hydrogen-bond donors (Lipinski definition) is 2. The van der Waals surface area contributed by atoms with Gasteiger partial charge in [-0.3, -0.25) is 4.79 Å². The molecule has 6 heteroatoms. The first kappa shape index (κ1) is 21.0. The molecule has 0 saturated heterocycles. The highest BCUT2D eigenvalue weighted by atomic mass is 16.5. The van der Waals surface area contributed by atoms with Crippen LogP contribution in [0.2, 0.25) is 0 Å². The van der Waals surface area contributed by atoms with Gasteiger partial charge in [-0.25, -0.2) is 4.79 Å². The maximum absolute atomic E-state index is 13.1. The fourth-order valence-electron chi connectivity index (χ4n) is 4.89. The number of amides is 1. The van der Waals surface area contributed by atoms with Gasteiger partial charge in [0.2, 0.25) is 5.91 Å². The standard InChI is InChI=1S/C25H27NO5/c1-30-20-9-16(10-21(13-20)31-2)11-22-18-7-8-19(12-18)23(22)24(27)26-14-15-3-5-17(6-4-15)25(28)29/h3-6,9-11,13,18-19,23H,7-8,12,14H2,1-2H3,(H,26,27)(H,28,29)/b22-11+. The van der Waals surface area contributed by atoms with Crippen molar-refractivity contribution in [3.8, 4) is 11.5 Å². The number of aromatic carboxylic acids is 1. The molecule has 2 N–H and O–H groups in total. The van der Waals surface area contributed by atoms with Crippen LogP contribution in [-0.4, -0.2) is 31.2 Å². The lowest BCUT2D eigenvalue weighted by Crippen LogP contribution is -2.34. The van der Waals surface area contributed by atoms with Crippen LogP contribution >= 0.6 is 0 Å². The number of hydrogen-bond acceptors (Lipinski definition) is 4. The Morgan fingerprint density at radius 2 is 1.74 bits per heavy atom. The Labute approximate surface area is 181 Å². The van der Waals surface area contributed by atoms with E-state index in [0.29, 0.717) is 18.4 Å². The smallest absolute Gasteiger partial charge is 0.335 e. The number of carboxylic acid groups (broad SMARTS) is 1. The molecular weight excluding hydrogens is 394 g/mol. The van der Waals surface area contributed by atoms with Gasteiger partial charge in [-0.15, -0.1) is 0 Å². The van der Waals surface area contributed by atoms with Crippen LogP contribution in [-0.2, 0) is 11.3 Å². The number of carboxylic acids is 1. The van der Waals surface area contributed by atoms with Crippen LogP contribution < -0.4 is 14.8 Å². The topological polar surface area (TPSA) is 84.9 Å². The molecule has 0 spiro atoms. The Morgan fingerprint density at radius 3 is 2.35 bits per heavy atom. The number of carbonyl (C=O) groups is 2. The molecule has 2 fully saturated rings. The van der Waals surface area contributed by atoms with E-state index in [1.54, 1.807) is 38.5 Å². The molecular formula is C25H27NO5. The van der Waals surface area contributed by atoms with Gasteiger partial charge in [0, 0.05) is 12.6 Å². The van der Waals surface area contributed by atoms with Gasteiger partial charge >= 0.3 is 5.97 Å². The molecule has 31 heavy (non-hydrogen) atoms. The summed E-state index contributed by atoms with van der Waals surface area (Å²) in [6, 6.07) is 12.4. The molecule has 0 aromatic heterocycles. The summed E-state index contributed by atoms with van der Waals surface area (Å²) in [4.78, 5) is 24.1. The van der Waals surface area contributed by atoms with Crippen LogP contribution in [0.1, 0.15) is 40.7 Å². The van der Waals surface area contributed by atoms with E-state index in [2.05, 4.69) is 11.4 Å². The van der Waals surface area contributed by atoms with E-state index in [0.717, 1.165) is 41.9 Å². The summed E-state index contributed by atoms with van der Waals surface area (Å²) in [6.45, 7) is 0.382. The zero-order valence-corrected chi connectivity index (χ0v) is 17.8. The number of ether oxygens (including phenoxy) is 2. The zero-order valence-electron chi connectivity index (χ0n) is 17.8. The second-order valence-electron chi connectivity index (χ2n) is 8.26. The molecule has 1 amide bonds. The number of nitrogens with one attached hydrogen (secondary N) is 1. The molecule has 2 bridgehead atoms. The first-order chi connectivity index (χ1) is 15.0.